The number of fused-ring (bicyclic) bond motifs is 20. The van der Waals surface area contributed by atoms with Crippen LogP contribution >= 0.6 is 0 Å². The smallest absolute Gasteiger partial charge is 0.164 e. The van der Waals surface area contributed by atoms with E-state index in [9.17, 15) is 0 Å². The summed E-state index contributed by atoms with van der Waals surface area (Å²) < 4.78 is 14.3. The van der Waals surface area contributed by atoms with Crippen LogP contribution in [0.15, 0.2) is 412 Å². The van der Waals surface area contributed by atoms with Gasteiger partial charge in [-0.3, -0.25) is 0 Å². The molecule has 0 amide bonds. The zero-order valence-corrected chi connectivity index (χ0v) is 65.0. The van der Waals surface area contributed by atoms with Crippen LogP contribution in [0.5, 0.6) is 23.0 Å². The first-order valence-electron chi connectivity index (χ1n) is 41.0. The molecule has 2 atom stereocenters. The standard InChI is InChI=1S/C112H70N6O2/c1-3-27-69(28-4-1)72-32-24-36-79(64-72)106-114-107(117-110(116-106)90-44-12-10-40-84(90)77-58-61-97-102(67-77)119-100-53-21-19-50-95(100)111(97)92-47-16-13-41-87(92)88-42-14-17-48-93(88)111)80-37-25-34-74(65-80)73-33-23-35-75(63-73)86-46-26-52-99-104(86)91-45-15-18-49-94(91)112(99)96-51-20-22-54-101(96)120-103-68-78(59-62-98(103)112)83-39-9-11-43-89(83)109-115-105(71-30-5-2-6-31-71)113-108(118-109)81-57-60-85-76(66-81)56-55-70-29-7-8-38-82(70)85/h1-45,47-68,86H,46H2. The quantitative estimate of drug-likeness (QED) is 0.118. The summed E-state index contributed by atoms with van der Waals surface area (Å²) in [4.78, 5) is 32.3. The predicted molar refractivity (Wildman–Crippen MR) is 483 cm³/mol. The van der Waals surface area contributed by atoms with Crippen LogP contribution in [0.25, 0.3) is 151 Å². The molecule has 0 saturated carbocycles. The molecule has 19 aromatic rings. The van der Waals surface area contributed by atoms with Gasteiger partial charge in [0.1, 0.15) is 23.0 Å². The summed E-state index contributed by atoms with van der Waals surface area (Å²) in [7, 11) is 0. The zero-order chi connectivity index (χ0) is 79.0. The van der Waals surface area contributed by atoms with E-state index in [1.807, 2.05) is 18.2 Å². The molecule has 5 aliphatic rings. The topological polar surface area (TPSA) is 95.8 Å². The molecule has 0 radical (unpaired) electrons. The molecule has 0 fully saturated rings. The summed E-state index contributed by atoms with van der Waals surface area (Å²) in [6, 6.07) is 141. The molecule has 24 rings (SSSR count). The number of allylic oxidation sites excluding steroid dienone is 4. The Kier molecular flexibility index (Phi) is 15.8. The SMILES string of the molecule is C1=CC2=C(c3ccccc3C23c2ccccc2Oc2cc(-c4ccccc4-c4nc(-c5ccccc5)nc(-c5ccc6c(ccc7ccccc76)c5)n4)ccc23)C(c2cccc(-c3cccc(-c4nc(-c5cccc(-c6ccccc6)c5)nc(-c5ccccc5-c5ccc6c(c5)Oc5ccccc5C65c6ccccc6-c6ccccc65)n4)c3)c2)C1. The van der Waals surface area contributed by atoms with Gasteiger partial charge >= 0.3 is 0 Å². The van der Waals surface area contributed by atoms with Crippen molar-refractivity contribution < 1.29 is 9.47 Å². The zero-order valence-electron chi connectivity index (χ0n) is 65.0. The van der Waals surface area contributed by atoms with Crippen LogP contribution in [-0.2, 0) is 10.8 Å². The van der Waals surface area contributed by atoms with E-state index in [2.05, 4.69) is 388 Å². The Labute approximate surface area is 694 Å². The van der Waals surface area contributed by atoms with Crippen molar-refractivity contribution in [2.24, 2.45) is 0 Å². The van der Waals surface area contributed by atoms with E-state index in [1.165, 1.54) is 66.2 Å². The van der Waals surface area contributed by atoms with Gasteiger partial charge in [-0.2, -0.15) is 0 Å². The van der Waals surface area contributed by atoms with Crippen LogP contribution in [0.3, 0.4) is 0 Å². The molecule has 560 valence electrons. The highest BCUT2D eigenvalue weighted by Crippen LogP contribution is 2.66. The molecule has 8 nitrogen and oxygen atoms in total. The van der Waals surface area contributed by atoms with E-state index in [4.69, 9.17) is 39.4 Å². The maximum atomic E-state index is 7.25. The van der Waals surface area contributed by atoms with Crippen molar-refractivity contribution in [1.29, 1.82) is 0 Å². The maximum Gasteiger partial charge on any atom is 0.164 e. The Morgan fingerprint density at radius 3 is 1.22 bits per heavy atom. The van der Waals surface area contributed by atoms with Gasteiger partial charge in [-0.1, -0.05) is 364 Å². The fourth-order valence-electron chi connectivity index (χ4n) is 20.0. The average molecular weight is 1530 g/mol. The van der Waals surface area contributed by atoms with Crippen molar-refractivity contribution in [1.82, 2.24) is 29.9 Å². The first-order valence-corrected chi connectivity index (χ1v) is 41.0. The lowest BCUT2D eigenvalue weighted by atomic mass is 9.64. The lowest BCUT2D eigenvalue weighted by Crippen LogP contribution is -2.33. The molecular formula is C112H70N6O2. The van der Waals surface area contributed by atoms with E-state index in [0.717, 1.165) is 135 Å². The molecule has 2 aliphatic heterocycles. The Hall–Kier alpha value is -15.6. The fourth-order valence-corrected chi connectivity index (χ4v) is 20.0. The minimum absolute atomic E-state index is 0.00824. The molecule has 0 bridgehead atoms. The van der Waals surface area contributed by atoms with Crippen LogP contribution in [0.4, 0.5) is 0 Å². The van der Waals surface area contributed by atoms with Crippen LogP contribution < -0.4 is 9.47 Å². The van der Waals surface area contributed by atoms with Crippen LogP contribution in [0, 0.1) is 0 Å². The second-order valence-electron chi connectivity index (χ2n) is 31.7. The van der Waals surface area contributed by atoms with E-state index < -0.39 is 10.8 Å². The van der Waals surface area contributed by atoms with Crippen molar-refractivity contribution in [3.63, 3.8) is 0 Å². The summed E-state index contributed by atoms with van der Waals surface area (Å²) >= 11 is 0. The van der Waals surface area contributed by atoms with E-state index in [1.54, 1.807) is 0 Å². The second kappa shape index (κ2) is 27.5. The Morgan fingerprint density at radius 1 is 0.225 bits per heavy atom. The number of ether oxygens (including phenoxy) is 2. The molecule has 3 aliphatic carbocycles. The van der Waals surface area contributed by atoms with E-state index in [-0.39, 0.29) is 5.92 Å². The average Bonchev–Trinajstić information content (AvgIpc) is 1.51. The van der Waals surface area contributed by atoms with E-state index in [0.29, 0.717) is 34.9 Å². The Morgan fingerprint density at radius 2 is 0.617 bits per heavy atom. The molecule has 17 aromatic carbocycles. The lowest BCUT2D eigenvalue weighted by Gasteiger charge is -2.41. The Bertz CT molecular complexity index is 7510. The fraction of sp³-hybridized carbons (Fsp3) is 0.0357. The number of nitrogens with zero attached hydrogens (tertiary/aromatic N) is 6. The molecule has 120 heavy (non-hydrogen) atoms. The number of para-hydroxylation sites is 2. The maximum absolute atomic E-state index is 7.25. The summed E-state index contributed by atoms with van der Waals surface area (Å²) in [5, 5.41) is 4.72. The van der Waals surface area contributed by atoms with Crippen molar-refractivity contribution in [3.05, 3.63) is 462 Å². The predicted octanol–water partition coefficient (Wildman–Crippen LogP) is 27.5. The molecule has 0 N–H and O–H groups in total. The van der Waals surface area contributed by atoms with Gasteiger partial charge in [0.15, 0.2) is 34.9 Å². The molecule has 2 unspecified atom stereocenters. The van der Waals surface area contributed by atoms with Crippen molar-refractivity contribution in [2.45, 2.75) is 23.2 Å². The second-order valence-corrected chi connectivity index (χ2v) is 31.7. The highest BCUT2D eigenvalue weighted by Gasteiger charge is 2.54. The first kappa shape index (κ1) is 68.7. The molecule has 2 spiro atoms. The summed E-state index contributed by atoms with van der Waals surface area (Å²) in [6.45, 7) is 0. The summed E-state index contributed by atoms with van der Waals surface area (Å²) in [5.41, 5.74) is 27.9. The largest absolute Gasteiger partial charge is 0.457 e. The monoisotopic (exact) mass is 1530 g/mol. The third-order valence-electron chi connectivity index (χ3n) is 25.3. The normalized spacial score (nSPS) is 15.2. The minimum Gasteiger partial charge on any atom is -0.457 e. The van der Waals surface area contributed by atoms with Gasteiger partial charge in [-0.05, 0) is 165 Å². The van der Waals surface area contributed by atoms with Gasteiger partial charge in [0.2, 0.25) is 0 Å². The number of benzene rings is 17. The molecule has 0 saturated heterocycles. The lowest BCUT2D eigenvalue weighted by molar-refractivity contribution is 0.435. The number of aromatic nitrogens is 6. The van der Waals surface area contributed by atoms with Crippen LogP contribution in [0.2, 0.25) is 0 Å². The van der Waals surface area contributed by atoms with Crippen molar-refractivity contribution in [3.8, 4) is 147 Å². The van der Waals surface area contributed by atoms with Gasteiger partial charge in [-0.25, -0.2) is 29.9 Å². The van der Waals surface area contributed by atoms with Gasteiger partial charge in [0.05, 0.1) is 10.8 Å². The molecule has 4 heterocycles. The minimum atomic E-state index is -0.720. The summed E-state index contributed by atoms with van der Waals surface area (Å²) in [6.07, 6.45) is 5.62. The molecule has 8 heteroatoms. The Balaban J connectivity index is 0.598. The van der Waals surface area contributed by atoms with Crippen LogP contribution in [-0.4, -0.2) is 29.9 Å². The first-order chi connectivity index (χ1) is 59.4. The van der Waals surface area contributed by atoms with Crippen molar-refractivity contribution in [2.75, 3.05) is 0 Å². The number of hydrogen-bond donors (Lipinski definition) is 0. The molecular weight excluding hydrogens is 1460 g/mol. The van der Waals surface area contributed by atoms with Gasteiger partial charge < -0.3 is 9.47 Å². The van der Waals surface area contributed by atoms with E-state index >= 15 is 0 Å². The number of hydrogen-bond acceptors (Lipinski definition) is 8. The third-order valence-corrected chi connectivity index (χ3v) is 25.3. The van der Waals surface area contributed by atoms with Gasteiger partial charge in [0, 0.05) is 61.6 Å². The number of rotatable bonds is 11. The van der Waals surface area contributed by atoms with Gasteiger partial charge in [0.25, 0.3) is 0 Å². The third kappa shape index (κ3) is 10.8. The van der Waals surface area contributed by atoms with Crippen molar-refractivity contribution >= 4 is 27.1 Å². The molecule has 2 aromatic heterocycles. The van der Waals surface area contributed by atoms with Gasteiger partial charge in [-0.15, -0.1) is 0 Å². The summed E-state index contributed by atoms with van der Waals surface area (Å²) in [5.74, 6) is 6.74. The highest BCUT2D eigenvalue weighted by molar-refractivity contribution is 6.08. The highest BCUT2D eigenvalue weighted by atomic mass is 16.5. The van der Waals surface area contributed by atoms with Crippen LogP contribution in [0.1, 0.15) is 62.4 Å².